The number of aryl methyl sites for hydroxylation is 1. The van der Waals surface area contributed by atoms with E-state index in [1.807, 2.05) is 13.0 Å². The van der Waals surface area contributed by atoms with Crippen LogP contribution in [-0.4, -0.2) is 24.8 Å². The Kier molecular flexibility index (Phi) is 2.72. The van der Waals surface area contributed by atoms with Crippen molar-refractivity contribution in [2.24, 2.45) is 0 Å². The Balaban J connectivity index is 2.16. The van der Waals surface area contributed by atoms with Crippen LogP contribution in [0, 0.1) is 0 Å². The van der Waals surface area contributed by atoms with Crippen LogP contribution in [-0.2, 0) is 6.42 Å². The van der Waals surface area contributed by atoms with Gasteiger partial charge in [-0.1, -0.05) is 30.1 Å². The topological polar surface area (TPSA) is 58.9 Å². The Labute approximate surface area is 113 Å². The van der Waals surface area contributed by atoms with E-state index in [0.29, 0.717) is 21.6 Å². The lowest BCUT2D eigenvalue weighted by Crippen LogP contribution is -1.93. The fourth-order valence-electron chi connectivity index (χ4n) is 1.76. The first-order chi connectivity index (χ1) is 8.69. The van der Waals surface area contributed by atoms with Crippen molar-refractivity contribution >= 4 is 29.0 Å². The second-order valence-corrected chi connectivity index (χ2v) is 4.65. The lowest BCUT2D eigenvalue weighted by atomic mass is 10.2. The van der Waals surface area contributed by atoms with Crippen LogP contribution in [0.1, 0.15) is 12.7 Å². The zero-order valence-electron chi connectivity index (χ0n) is 9.48. The van der Waals surface area contributed by atoms with Crippen molar-refractivity contribution in [3.05, 3.63) is 34.1 Å². The number of nitrogens with one attached hydrogen (secondary N) is 1. The average molecular weight is 282 g/mol. The quantitative estimate of drug-likeness (QED) is 0.786. The molecule has 2 heterocycles. The van der Waals surface area contributed by atoms with E-state index in [1.165, 1.54) is 0 Å². The van der Waals surface area contributed by atoms with E-state index in [9.17, 15) is 0 Å². The molecule has 0 radical (unpaired) electrons. The number of aromatic amines is 1. The van der Waals surface area contributed by atoms with Crippen LogP contribution >= 0.6 is 23.2 Å². The monoisotopic (exact) mass is 281 g/mol. The van der Waals surface area contributed by atoms with Crippen LogP contribution in [0.5, 0.6) is 0 Å². The number of hydrogen-bond donors (Lipinski definition) is 1. The van der Waals surface area contributed by atoms with Gasteiger partial charge in [0.05, 0.1) is 5.02 Å². The summed E-state index contributed by atoms with van der Waals surface area (Å²) in [6.45, 7) is 2.01. The maximum absolute atomic E-state index is 6.14. The van der Waals surface area contributed by atoms with Gasteiger partial charge < -0.3 is 0 Å². The van der Waals surface area contributed by atoms with E-state index < -0.39 is 0 Å². The Bertz CT molecular complexity index is 715. The zero-order chi connectivity index (χ0) is 12.7. The second kappa shape index (κ2) is 4.26. The van der Waals surface area contributed by atoms with Gasteiger partial charge in [-0.15, -0.1) is 10.2 Å². The number of hydrogen-bond acceptors (Lipinski definition) is 3. The van der Waals surface area contributed by atoms with Gasteiger partial charge in [0.1, 0.15) is 0 Å². The number of nitrogens with zero attached hydrogens (tertiary/aromatic N) is 4. The molecule has 5 nitrogen and oxygen atoms in total. The third-order valence-corrected chi connectivity index (χ3v) is 3.19. The first-order valence-corrected chi connectivity index (χ1v) is 6.20. The molecule has 0 aliphatic carbocycles. The summed E-state index contributed by atoms with van der Waals surface area (Å²) in [7, 11) is 0. The number of benzene rings is 1. The first kappa shape index (κ1) is 11.5. The summed E-state index contributed by atoms with van der Waals surface area (Å²) in [5.74, 6) is 2.01. The second-order valence-electron chi connectivity index (χ2n) is 3.80. The number of halogens is 2. The molecule has 2 aromatic heterocycles. The Hall–Kier alpha value is -1.59. The molecule has 0 aliphatic heterocycles. The largest absolute Gasteiger partial charge is 0.272 e. The van der Waals surface area contributed by atoms with Gasteiger partial charge in [-0.3, -0.25) is 5.10 Å². The molecule has 92 valence electrons. The van der Waals surface area contributed by atoms with E-state index in [-0.39, 0.29) is 0 Å². The third kappa shape index (κ3) is 1.76. The normalized spacial score (nSPS) is 11.3. The zero-order valence-corrected chi connectivity index (χ0v) is 11.0. The van der Waals surface area contributed by atoms with Crippen LogP contribution in [0.3, 0.4) is 0 Å². The molecular weight excluding hydrogens is 273 g/mol. The van der Waals surface area contributed by atoms with E-state index in [0.717, 1.165) is 17.8 Å². The van der Waals surface area contributed by atoms with Crippen molar-refractivity contribution in [2.75, 3.05) is 0 Å². The predicted molar refractivity (Wildman–Crippen MR) is 70.0 cm³/mol. The minimum Gasteiger partial charge on any atom is -0.272 e. The summed E-state index contributed by atoms with van der Waals surface area (Å²) in [5.41, 5.74) is 0.786. The van der Waals surface area contributed by atoms with Gasteiger partial charge in [-0.05, 0) is 18.2 Å². The molecule has 3 rings (SSSR count). The van der Waals surface area contributed by atoms with Crippen LogP contribution < -0.4 is 0 Å². The van der Waals surface area contributed by atoms with Crippen molar-refractivity contribution in [1.29, 1.82) is 0 Å². The summed E-state index contributed by atoms with van der Waals surface area (Å²) in [4.78, 5) is 4.35. The van der Waals surface area contributed by atoms with Gasteiger partial charge in [-0.2, -0.15) is 4.98 Å². The van der Waals surface area contributed by atoms with Crippen molar-refractivity contribution in [3.8, 4) is 11.4 Å². The van der Waals surface area contributed by atoms with Crippen molar-refractivity contribution in [2.45, 2.75) is 13.3 Å². The van der Waals surface area contributed by atoms with Gasteiger partial charge in [0.15, 0.2) is 11.6 Å². The molecule has 0 unspecified atom stereocenters. The predicted octanol–water partition coefficient (Wildman–Crippen LogP) is 2.99. The smallest absolute Gasteiger partial charge is 0.272 e. The average Bonchev–Trinajstić information content (AvgIpc) is 2.88. The SMILES string of the molecule is CCc1nnc2nc(-c3ccc(Cl)cc3Cl)[nH]n12. The molecule has 7 heteroatoms. The van der Waals surface area contributed by atoms with Gasteiger partial charge in [0.25, 0.3) is 5.78 Å². The summed E-state index contributed by atoms with van der Waals surface area (Å²) in [6, 6.07) is 5.28. The van der Waals surface area contributed by atoms with Crippen LogP contribution in [0.25, 0.3) is 17.2 Å². The van der Waals surface area contributed by atoms with Gasteiger partial charge >= 0.3 is 0 Å². The standard InChI is InChI=1S/C11H9Cl2N5/c1-2-9-15-16-11-14-10(17-18(9)11)7-4-3-6(12)5-8(7)13/h3-5H,2H2,1H3,(H,14,16,17). The highest BCUT2D eigenvalue weighted by Crippen LogP contribution is 2.28. The minimum absolute atomic E-state index is 0.535. The Morgan fingerprint density at radius 2 is 2.11 bits per heavy atom. The van der Waals surface area contributed by atoms with Crippen LogP contribution in [0.15, 0.2) is 18.2 Å². The highest BCUT2D eigenvalue weighted by molar-refractivity contribution is 6.36. The molecule has 18 heavy (non-hydrogen) atoms. The molecule has 1 N–H and O–H groups in total. The summed E-state index contributed by atoms with van der Waals surface area (Å²) in [5, 5.41) is 12.3. The summed E-state index contributed by atoms with van der Waals surface area (Å²) in [6.07, 6.45) is 0.775. The Morgan fingerprint density at radius 1 is 1.28 bits per heavy atom. The van der Waals surface area contributed by atoms with Crippen molar-refractivity contribution in [3.63, 3.8) is 0 Å². The van der Waals surface area contributed by atoms with Crippen molar-refractivity contribution in [1.82, 2.24) is 24.8 Å². The minimum atomic E-state index is 0.535. The van der Waals surface area contributed by atoms with Gasteiger partial charge in [0.2, 0.25) is 0 Å². The molecule has 0 amide bonds. The van der Waals surface area contributed by atoms with Gasteiger partial charge in [-0.25, -0.2) is 4.52 Å². The van der Waals surface area contributed by atoms with Gasteiger partial charge in [0, 0.05) is 17.0 Å². The highest BCUT2D eigenvalue weighted by Gasteiger charge is 2.12. The maximum atomic E-state index is 6.14. The van der Waals surface area contributed by atoms with E-state index in [4.69, 9.17) is 23.2 Å². The number of rotatable bonds is 2. The fraction of sp³-hybridized carbons (Fsp3) is 0.182. The molecule has 0 aliphatic rings. The molecule has 3 aromatic rings. The van der Waals surface area contributed by atoms with Crippen molar-refractivity contribution < 1.29 is 0 Å². The maximum Gasteiger partial charge on any atom is 0.272 e. The molecule has 0 saturated carbocycles. The first-order valence-electron chi connectivity index (χ1n) is 5.44. The van der Waals surface area contributed by atoms with E-state index in [1.54, 1.807) is 16.6 Å². The Morgan fingerprint density at radius 3 is 2.83 bits per heavy atom. The summed E-state index contributed by atoms with van der Waals surface area (Å²) >= 11 is 12.0. The summed E-state index contributed by atoms with van der Waals surface area (Å²) < 4.78 is 1.75. The lowest BCUT2D eigenvalue weighted by molar-refractivity contribution is 0.837. The molecule has 0 saturated heterocycles. The molecule has 0 spiro atoms. The highest BCUT2D eigenvalue weighted by atomic mass is 35.5. The third-order valence-electron chi connectivity index (χ3n) is 2.64. The molecule has 0 fully saturated rings. The molecular formula is C11H9Cl2N5. The molecule has 0 atom stereocenters. The van der Waals surface area contributed by atoms with E-state index in [2.05, 4.69) is 20.3 Å². The number of H-pyrrole nitrogens is 1. The number of fused-ring (bicyclic) bond motifs is 1. The molecule has 1 aromatic carbocycles. The fourth-order valence-corrected chi connectivity index (χ4v) is 2.25. The lowest BCUT2D eigenvalue weighted by Gasteiger charge is -2.00. The van der Waals surface area contributed by atoms with Crippen LogP contribution in [0.2, 0.25) is 10.0 Å². The van der Waals surface area contributed by atoms with E-state index >= 15 is 0 Å². The molecule has 0 bridgehead atoms. The number of aromatic nitrogens is 5. The van der Waals surface area contributed by atoms with Crippen LogP contribution in [0.4, 0.5) is 0 Å².